The Hall–Kier alpha value is -0.520. The van der Waals surface area contributed by atoms with Crippen LogP contribution in [0.25, 0.3) is 16.7 Å². The predicted molar refractivity (Wildman–Crippen MR) is 91.2 cm³/mol. The van der Waals surface area contributed by atoms with Crippen molar-refractivity contribution in [2.24, 2.45) is 0 Å². The number of nitrogens with one attached hydrogen (secondary N) is 1. The predicted octanol–water partition coefficient (Wildman–Crippen LogP) is 6.41. The maximum atomic E-state index is 6.27. The second kappa shape index (κ2) is 5.35. The molecule has 0 radical (unpaired) electrons. The number of hydrogen-bond acceptors (Lipinski definition) is 1. The van der Waals surface area contributed by atoms with E-state index < -0.39 is 0 Å². The van der Waals surface area contributed by atoms with E-state index in [1.807, 2.05) is 22.8 Å². The summed E-state index contributed by atoms with van der Waals surface area (Å²) in [5.74, 6) is 0. The Morgan fingerprint density at radius 2 is 1.70 bits per heavy atom. The van der Waals surface area contributed by atoms with Gasteiger partial charge in [-0.05, 0) is 42.5 Å². The Bertz CT molecular complexity index is 885. The highest BCUT2D eigenvalue weighted by Crippen LogP contribution is 2.33. The molecule has 0 unspecified atom stereocenters. The number of rotatable bonds is 1. The van der Waals surface area contributed by atoms with Gasteiger partial charge in [-0.3, -0.25) is 4.57 Å². The van der Waals surface area contributed by atoms with Crippen molar-refractivity contribution in [2.75, 3.05) is 0 Å². The molecule has 0 spiro atoms. The lowest BCUT2D eigenvalue weighted by molar-refractivity contribution is 1.06. The highest BCUT2D eigenvalue weighted by molar-refractivity contribution is 9.10. The molecule has 102 valence electrons. The van der Waals surface area contributed by atoms with Crippen molar-refractivity contribution in [3.05, 3.63) is 54.6 Å². The van der Waals surface area contributed by atoms with E-state index in [4.69, 9.17) is 47.0 Å². The summed E-state index contributed by atoms with van der Waals surface area (Å²) in [4.78, 5) is 3.14. The molecule has 2 nitrogen and oxygen atoms in total. The summed E-state index contributed by atoms with van der Waals surface area (Å²) >= 11 is 27.1. The van der Waals surface area contributed by atoms with Gasteiger partial charge in [0.1, 0.15) is 0 Å². The van der Waals surface area contributed by atoms with E-state index in [2.05, 4.69) is 20.9 Å². The number of benzene rings is 2. The maximum Gasteiger partial charge on any atom is 0.182 e. The fraction of sp³-hybridized carbons (Fsp3) is 0. The van der Waals surface area contributed by atoms with Gasteiger partial charge in [-0.15, -0.1) is 0 Å². The van der Waals surface area contributed by atoms with Crippen molar-refractivity contribution in [1.82, 2.24) is 9.55 Å². The molecule has 1 heterocycles. The number of aromatic nitrogens is 2. The standard InChI is InChI=1S/C13H6BrCl3N2S/c14-6-1-2-10-12(3-6)19(13(20)18-10)11-5-8(16)7(15)4-9(11)17/h1-5H,(H,18,20). The molecule has 2 aromatic carbocycles. The van der Waals surface area contributed by atoms with Crippen molar-refractivity contribution in [3.63, 3.8) is 0 Å². The summed E-state index contributed by atoms with van der Waals surface area (Å²) < 4.78 is 3.32. The minimum Gasteiger partial charge on any atom is -0.330 e. The van der Waals surface area contributed by atoms with Crippen molar-refractivity contribution in [1.29, 1.82) is 0 Å². The fourth-order valence-electron chi connectivity index (χ4n) is 2.00. The van der Waals surface area contributed by atoms with Gasteiger partial charge in [0, 0.05) is 4.47 Å². The smallest absolute Gasteiger partial charge is 0.182 e. The molecule has 0 fully saturated rings. The summed E-state index contributed by atoms with van der Waals surface area (Å²) in [6.45, 7) is 0. The molecule has 0 aliphatic rings. The molecule has 0 saturated carbocycles. The monoisotopic (exact) mass is 406 g/mol. The number of fused-ring (bicyclic) bond motifs is 1. The SMILES string of the molecule is S=c1[nH]c2ccc(Br)cc2n1-c1cc(Cl)c(Cl)cc1Cl. The molecule has 0 aliphatic carbocycles. The zero-order chi connectivity index (χ0) is 14.4. The lowest BCUT2D eigenvalue weighted by Gasteiger charge is -2.09. The molecule has 3 aromatic rings. The lowest BCUT2D eigenvalue weighted by atomic mass is 10.3. The molecule has 7 heteroatoms. The van der Waals surface area contributed by atoms with Gasteiger partial charge in [-0.1, -0.05) is 50.7 Å². The largest absolute Gasteiger partial charge is 0.330 e. The molecule has 3 rings (SSSR count). The number of nitrogens with zero attached hydrogens (tertiary/aromatic N) is 1. The highest BCUT2D eigenvalue weighted by Gasteiger charge is 2.12. The Morgan fingerprint density at radius 3 is 2.45 bits per heavy atom. The summed E-state index contributed by atoms with van der Waals surface area (Å²) in [5, 5.41) is 1.32. The Labute approximate surface area is 143 Å². The Morgan fingerprint density at radius 1 is 1.00 bits per heavy atom. The Kier molecular flexibility index (Phi) is 3.86. The minimum atomic E-state index is 0.410. The summed E-state index contributed by atoms with van der Waals surface area (Å²) in [5.41, 5.74) is 2.51. The molecular weight excluding hydrogens is 402 g/mol. The normalized spacial score (nSPS) is 11.2. The van der Waals surface area contributed by atoms with Gasteiger partial charge >= 0.3 is 0 Å². The molecule has 0 aliphatic heterocycles. The molecule has 0 saturated heterocycles. The third kappa shape index (κ3) is 2.40. The first-order valence-corrected chi connectivity index (χ1v) is 7.86. The van der Waals surface area contributed by atoms with Crippen LogP contribution in [0.5, 0.6) is 0 Å². The van der Waals surface area contributed by atoms with Gasteiger partial charge in [0.25, 0.3) is 0 Å². The first-order valence-electron chi connectivity index (χ1n) is 5.52. The molecule has 1 N–H and O–H groups in total. The van der Waals surface area contributed by atoms with Gasteiger partial charge in [-0.2, -0.15) is 0 Å². The minimum absolute atomic E-state index is 0.410. The number of hydrogen-bond donors (Lipinski definition) is 1. The van der Waals surface area contributed by atoms with E-state index >= 15 is 0 Å². The molecule has 20 heavy (non-hydrogen) atoms. The van der Waals surface area contributed by atoms with Crippen LogP contribution in [0.2, 0.25) is 15.1 Å². The fourth-order valence-corrected chi connectivity index (χ4v) is 3.28. The van der Waals surface area contributed by atoms with Gasteiger partial charge in [-0.25, -0.2) is 0 Å². The van der Waals surface area contributed by atoms with Crippen molar-refractivity contribution in [3.8, 4) is 5.69 Å². The average molecular weight is 409 g/mol. The van der Waals surface area contributed by atoms with Crippen molar-refractivity contribution < 1.29 is 0 Å². The van der Waals surface area contributed by atoms with E-state index in [1.54, 1.807) is 12.1 Å². The van der Waals surface area contributed by atoms with Crippen LogP contribution >= 0.6 is 63.0 Å². The molecular formula is C13H6BrCl3N2S. The maximum absolute atomic E-state index is 6.27. The molecule has 0 bridgehead atoms. The third-order valence-electron chi connectivity index (χ3n) is 2.88. The highest BCUT2D eigenvalue weighted by atomic mass is 79.9. The first kappa shape index (κ1) is 14.4. The molecule has 1 aromatic heterocycles. The van der Waals surface area contributed by atoms with Crippen LogP contribution in [-0.2, 0) is 0 Å². The summed E-state index contributed by atoms with van der Waals surface area (Å²) in [6, 6.07) is 9.15. The van der Waals surface area contributed by atoms with Crippen LogP contribution in [0.15, 0.2) is 34.8 Å². The zero-order valence-corrected chi connectivity index (χ0v) is 14.4. The van der Waals surface area contributed by atoms with Crippen molar-refractivity contribution in [2.45, 2.75) is 0 Å². The first-order chi connectivity index (χ1) is 9.47. The van der Waals surface area contributed by atoms with Crippen LogP contribution in [0.3, 0.4) is 0 Å². The quantitative estimate of drug-likeness (QED) is 0.364. The number of H-pyrrole nitrogens is 1. The molecule has 0 amide bonds. The summed E-state index contributed by atoms with van der Waals surface area (Å²) in [7, 11) is 0. The van der Waals surface area contributed by atoms with E-state index in [1.165, 1.54) is 0 Å². The van der Waals surface area contributed by atoms with E-state index in [9.17, 15) is 0 Å². The second-order valence-electron chi connectivity index (χ2n) is 4.14. The molecule has 0 atom stereocenters. The zero-order valence-electron chi connectivity index (χ0n) is 9.75. The van der Waals surface area contributed by atoms with Crippen molar-refractivity contribution >= 4 is 74.0 Å². The average Bonchev–Trinajstić information content (AvgIpc) is 2.69. The van der Waals surface area contributed by atoms with Crippen LogP contribution in [0, 0.1) is 4.77 Å². The van der Waals surface area contributed by atoms with Gasteiger partial charge in [0.2, 0.25) is 0 Å². The van der Waals surface area contributed by atoms with Crippen LogP contribution < -0.4 is 0 Å². The summed E-state index contributed by atoms with van der Waals surface area (Å²) in [6.07, 6.45) is 0. The topological polar surface area (TPSA) is 20.7 Å². The number of halogens is 4. The number of imidazole rings is 1. The second-order valence-corrected chi connectivity index (χ2v) is 6.67. The van der Waals surface area contributed by atoms with E-state index in [0.717, 1.165) is 15.5 Å². The van der Waals surface area contributed by atoms with Gasteiger partial charge < -0.3 is 4.98 Å². The van der Waals surface area contributed by atoms with E-state index in [-0.39, 0.29) is 0 Å². The van der Waals surface area contributed by atoms with Gasteiger partial charge in [0.15, 0.2) is 4.77 Å². The van der Waals surface area contributed by atoms with Crippen LogP contribution in [0.4, 0.5) is 0 Å². The van der Waals surface area contributed by atoms with E-state index in [0.29, 0.717) is 25.5 Å². The van der Waals surface area contributed by atoms with Gasteiger partial charge in [0.05, 0.1) is 31.8 Å². The Balaban J connectivity index is 2.40. The van der Waals surface area contributed by atoms with Crippen LogP contribution in [0.1, 0.15) is 0 Å². The lowest BCUT2D eigenvalue weighted by Crippen LogP contribution is -1.95. The number of aromatic amines is 1. The third-order valence-corrected chi connectivity index (χ3v) is 4.68. The van der Waals surface area contributed by atoms with Crippen LogP contribution in [-0.4, -0.2) is 9.55 Å².